The lowest BCUT2D eigenvalue weighted by Gasteiger charge is -2.00. The van der Waals surface area contributed by atoms with E-state index >= 15 is 0 Å². The van der Waals surface area contributed by atoms with E-state index in [0.717, 1.165) is 12.0 Å². The van der Waals surface area contributed by atoms with Gasteiger partial charge in [0.05, 0.1) is 0 Å². The molecule has 0 bridgehead atoms. The Morgan fingerprint density at radius 1 is 1.64 bits per heavy atom. The summed E-state index contributed by atoms with van der Waals surface area (Å²) in [5, 5.41) is 8.54. The van der Waals surface area contributed by atoms with E-state index in [4.69, 9.17) is 5.26 Å². The molecule has 0 N–H and O–H groups in total. The molecule has 2 nitrogen and oxygen atoms in total. The van der Waals surface area contributed by atoms with Gasteiger partial charge in [-0.3, -0.25) is 0 Å². The number of nitriles is 1. The van der Waals surface area contributed by atoms with Gasteiger partial charge < -0.3 is 0 Å². The standard InChI is InChI=1S/C9H10N2/c1-3-8-4-9(5-10)11-6-7(8)2/h4,6H,3H2,1-2H3. The summed E-state index contributed by atoms with van der Waals surface area (Å²) in [5.74, 6) is 0. The average molecular weight is 146 g/mol. The first-order valence-corrected chi connectivity index (χ1v) is 3.63. The van der Waals surface area contributed by atoms with Gasteiger partial charge in [-0.25, -0.2) is 4.98 Å². The molecule has 2 heteroatoms. The fourth-order valence-corrected chi connectivity index (χ4v) is 1.01. The van der Waals surface area contributed by atoms with Gasteiger partial charge in [0.1, 0.15) is 11.8 Å². The highest BCUT2D eigenvalue weighted by atomic mass is 14.7. The topological polar surface area (TPSA) is 36.7 Å². The van der Waals surface area contributed by atoms with Crippen molar-refractivity contribution in [1.82, 2.24) is 4.98 Å². The third-order valence-corrected chi connectivity index (χ3v) is 1.71. The van der Waals surface area contributed by atoms with E-state index in [1.54, 1.807) is 6.20 Å². The van der Waals surface area contributed by atoms with Crippen LogP contribution in [0.2, 0.25) is 0 Å². The molecule has 0 aliphatic heterocycles. The molecule has 11 heavy (non-hydrogen) atoms. The van der Waals surface area contributed by atoms with Crippen molar-refractivity contribution >= 4 is 0 Å². The second kappa shape index (κ2) is 3.16. The third kappa shape index (κ3) is 1.56. The van der Waals surface area contributed by atoms with E-state index in [9.17, 15) is 0 Å². The fraction of sp³-hybridized carbons (Fsp3) is 0.333. The van der Waals surface area contributed by atoms with Crippen LogP contribution in [0.15, 0.2) is 12.3 Å². The van der Waals surface area contributed by atoms with Crippen molar-refractivity contribution in [2.75, 3.05) is 0 Å². The zero-order valence-corrected chi connectivity index (χ0v) is 6.76. The molecular formula is C9H10N2. The molecule has 1 rings (SSSR count). The van der Waals surface area contributed by atoms with E-state index < -0.39 is 0 Å². The Bertz CT molecular complexity index is 297. The molecule has 0 atom stereocenters. The van der Waals surface area contributed by atoms with Gasteiger partial charge in [-0.1, -0.05) is 6.92 Å². The Labute approximate surface area is 66.5 Å². The van der Waals surface area contributed by atoms with Crippen LogP contribution in [-0.4, -0.2) is 4.98 Å². The van der Waals surface area contributed by atoms with E-state index in [-0.39, 0.29) is 0 Å². The first-order chi connectivity index (χ1) is 5.27. The number of nitrogens with zero attached hydrogens (tertiary/aromatic N) is 2. The van der Waals surface area contributed by atoms with Crippen LogP contribution in [0.5, 0.6) is 0 Å². The zero-order chi connectivity index (χ0) is 8.27. The van der Waals surface area contributed by atoms with Gasteiger partial charge in [0.15, 0.2) is 0 Å². The molecule has 0 spiro atoms. The molecule has 0 aliphatic carbocycles. The molecule has 0 saturated carbocycles. The molecule has 0 aromatic carbocycles. The smallest absolute Gasteiger partial charge is 0.140 e. The summed E-state index contributed by atoms with van der Waals surface area (Å²) in [6, 6.07) is 3.86. The highest BCUT2D eigenvalue weighted by molar-refractivity contribution is 5.30. The lowest BCUT2D eigenvalue weighted by molar-refractivity contribution is 1.07. The second-order valence-electron chi connectivity index (χ2n) is 2.46. The summed E-state index contributed by atoms with van der Waals surface area (Å²) in [6.07, 6.45) is 2.71. The van der Waals surface area contributed by atoms with Crippen LogP contribution in [0.3, 0.4) is 0 Å². The number of rotatable bonds is 1. The van der Waals surface area contributed by atoms with Gasteiger partial charge in [0.25, 0.3) is 0 Å². The Hall–Kier alpha value is -1.36. The quantitative estimate of drug-likeness (QED) is 0.606. The molecule has 0 aliphatic rings. The van der Waals surface area contributed by atoms with Crippen LogP contribution in [0.4, 0.5) is 0 Å². The van der Waals surface area contributed by atoms with Crippen LogP contribution in [-0.2, 0) is 6.42 Å². The molecule has 0 radical (unpaired) electrons. The van der Waals surface area contributed by atoms with Crippen LogP contribution in [0.25, 0.3) is 0 Å². The number of aromatic nitrogens is 1. The normalized spacial score (nSPS) is 9.18. The monoisotopic (exact) mass is 146 g/mol. The summed E-state index contributed by atoms with van der Waals surface area (Å²) >= 11 is 0. The Kier molecular flexibility index (Phi) is 2.22. The van der Waals surface area contributed by atoms with Crippen molar-refractivity contribution in [3.63, 3.8) is 0 Å². The summed E-state index contributed by atoms with van der Waals surface area (Å²) in [6.45, 7) is 4.08. The van der Waals surface area contributed by atoms with Crippen molar-refractivity contribution in [1.29, 1.82) is 5.26 Å². The number of aryl methyl sites for hydroxylation is 2. The molecule has 1 aromatic heterocycles. The minimum atomic E-state index is 0.507. The van der Waals surface area contributed by atoms with E-state index in [1.807, 2.05) is 19.1 Å². The first kappa shape index (κ1) is 7.74. The van der Waals surface area contributed by atoms with Crippen molar-refractivity contribution in [3.05, 3.63) is 29.1 Å². The van der Waals surface area contributed by atoms with Crippen LogP contribution in [0.1, 0.15) is 23.7 Å². The third-order valence-electron chi connectivity index (χ3n) is 1.71. The first-order valence-electron chi connectivity index (χ1n) is 3.63. The molecule has 0 saturated heterocycles. The predicted octanol–water partition coefficient (Wildman–Crippen LogP) is 1.82. The van der Waals surface area contributed by atoms with Crippen molar-refractivity contribution in [2.45, 2.75) is 20.3 Å². The molecule has 0 unspecified atom stereocenters. The summed E-state index contributed by atoms with van der Waals surface area (Å²) in [5.41, 5.74) is 2.87. The zero-order valence-electron chi connectivity index (χ0n) is 6.76. The minimum absolute atomic E-state index is 0.507. The lowest BCUT2D eigenvalue weighted by Crippen LogP contribution is -1.90. The van der Waals surface area contributed by atoms with Crippen molar-refractivity contribution in [2.24, 2.45) is 0 Å². The summed E-state index contributed by atoms with van der Waals surface area (Å²) in [7, 11) is 0. The summed E-state index contributed by atoms with van der Waals surface area (Å²) in [4.78, 5) is 3.94. The molecule has 0 fully saturated rings. The highest BCUT2D eigenvalue weighted by Crippen LogP contribution is 2.07. The van der Waals surface area contributed by atoms with Gasteiger partial charge in [-0.2, -0.15) is 5.26 Å². The molecule has 1 heterocycles. The highest BCUT2D eigenvalue weighted by Gasteiger charge is 1.97. The Morgan fingerprint density at radius 3 is 2.91 bits per heavy atom. The fourth-order valence-electron chi connectivity index (χ4n) is 1.01. The van der Waals surface area contributed by atoms with Crippen LogP contribution >= 0.6 is 0 Å². The number of hydrogen-bond donors (Lipinski definition) is 0. The second-order valence-corrected chi connectivity index (χ2v) is 2.46. The molecule has 0 amide bonds. The van der Waals surface area contributed by atoms with Gasteiger partial charge in [-0.15, -0.1) is 0 Å². The lowest BCUT2D eigenvalue weighted by atomic mass is 10.1. The van der Waals surface area contributed by atoms with Gasteiger partial charge in [-0.05, 0) is 30.5 Å². The van der Waals surface area contributed by atoms with E-state index in [2.05, 4.69) is 11.9 Å². The van der Waals surface area contributed by atoms with Crippen LogP contribution in [0, 0.1) is 18.3 Å². The molecule has 1 aromatic rings. The van der Waals surface area contributed by atoms with Gasteiger partial charge >= 0.3 is 0 Å². The number of hydrogen-bond acceptors (Lipinski definition) is 2. The maximum Gasteiger partial charge on any atom is 0.140 e. The maximum absolute atomic E-state index is 8.54. The van der Waals surface area contributed by atoms with Crippen molar-refractivity contribution < 1.29 is 0 Å². The van der Waals surface area contributed by atoms with Crippen LogP contribution < -0.4 is 0 Å². The molecular weight excluding hydrogens is 136 g/mol. The van der Waals surface area contributed by atoms with E-state index in [1.165, 1.54) is 5.56 Å². The Balaban J connectivity index is 3.15. The van der Waals surface area contributed by atoms with Gasteiger partial charge in [0.2, 0.25) is 0 Å². The maximum atomic E-state index is 8.54. The summed E-state index contributed by atoms with van der Waals surface area (Å²) < 4.78 is 0. The predicted molar refractivity (Wildman–Crippen MR) is 43.1 cm³/mol. The molecule has 56 valence electrons. The van der Waals surface area contributed by atoms with Gasteiger partial charge in [0, 0.05) is 6.20 Å². The SMILES string of the molecule is CCc1cc(C#N)ncc1C. The average Bonchev–Trinajstić information content (AvgIpc) is 2.05. The van der Waals surface area contributed by atoms with E-state index in [0.29, 0.717) is 5.69 Å². The van der Waals surface area contributed by atoms with Crippen molar-refractivity contribution in [3.8, 4) is 6.07 Å². The number of pyridine rings is 1. The Morgan fingerprint density at radius 2 is 2.36 bits per heavy atom. The largest absolute Gasteiger partial charge is 0.245 e. The minimum Gasteiger partial charge on any atom is -0.245 e.